The first-order chi connectivity index (χ1) is 13.8. The van der Waals surface area contributed by atoms with Gasteiger partial charge in [-0.1, -0.05) is 17.7 Å². The van der Waals surface area contributed by atoms with Crippen molar-refractivity contribution in [2.75, 3.05) is 17.2 Å². The van der Waals surface area contributed by atoms with Crippen LogP contribution in [0, 0.1) is 16.0 Å². The van der Waals surface area contributed by atoms with E-state index in [1.807, 2.05) is 0 Å². The average Bonchev–Trinajstić information content (AvgIpc) is 3.53. The van der Waals surface area contributed by atoms with Crippen molar-refractivity contribution in [3.05, 3.63) is 63.2 Å². The van der Waals surface area contributed by atoms with E-state index >= 15 is 0 Å². The third-order valence-corrected chi connectivity index (χ3v) is 4.39. The standard InChI is InChI=1S/C19H16ClN3O6/c20-15-7-6-14(9-16(15)23(27)28)21-17(24)10-29-19(26)12-2-1-3-13(8-12)22-18(25)11-4-5-11/h1-3,6-9,11H,4-5,10H2,(H,21,24)(H,22,25). The van der Waals surface area contributed by atoms with Gasteiger partial charge in [0.05, 0.1) is 10.5 Å². The van der Waals surface area contributed by atoms with E-state index in [0.717, 1.165) is 18.9 Å². The van der Waals surface area contributed by atoms with Gasteiger partial charge in [-0.25, -0.2) is 4.79 Å². The SMILES string of the molecule is O=C(COC(=O)c1cccc(NC(=O)C2CC2)c1)Nc1ccc(Cl)c([N+](=O)[O-])c1. The fraction of sp³-hybridized carbons (Fsp3) is 0.211. The number of carbonyl (C=O) groups is 3. The first kappa shape index (κ1) is 20.3. The Morgan fingerprint density at radius 1 is 1.10 bits per heavy atom. The van der Waals surface area contributed by atoms with Crippen molar-refractivity contribution >= 4 is 46.4 Å². The average molecular weight is 418 g/mol. The van der Waals surface area contributed by atoms with Crippen LogP contribution < -0.4 is 10.6 Å². The number of halogens is 1. The molecule has 2 aromatic carbocycles. The number of hydrogen-bond acceptors (Lipinski definition) is 6. The Balaban J connectivity index is 1.55. The number of esters is 1. The van der Waals surface area contributed by atoms with Crippen molar-refractivity contribution in [3.8, 4) is 0 Å². The summed E-state index contributed by atoms with van der Waals surface area (Å²) in [5, 5.41) is 15.9. The molecule has 150 valence electrons. The number of carbonyl (C=O) groups excluding carboxylic acids is 3. The Labute approximate surface area is 170 Å². The molecule has 1 aliphatic carbocycles. The van der Waals surface area contributed by atoms with Crippen LogP contribution in [0.1, 0.15) is 23.2 Å². The van der Waals surface area contributed by atoms with Gasteiger partial charge in [0.2, 0.25) is 5.91 Å². The number of anilines is 2. The highest BCUT2D eigenvalue weighted by molar-refractivity contribution is 6.32. The number of benzene rings is 2. The van der Waals surface area contributed by atoms with Crippen LogP contribution in [0.2, 0.25) is 5.02 Å². The Morgan fingerprint density at radius 3 is 2.52 bits per heavy atom. The second-order valence-corrected chi connectivity index (χ2v) is 6.80. The molecule has 0 aliphatic heterocycles. The lowest BCUT2D eigenvalue weighted by Crippen LogP contribution is -2.21. The molecule has 1 fully saturated rings. The number of nitro benzene ring substituents is 1. The Bertz CT molecular complexity index is 990. The van der Waals surface area contributed by atoms with Crippen molar-refractivity contribution in [3.63, 3.8) is 0 Å². The monoisotopic (exact) mass is 417 g/mol. The van der Waals surface area contributed by atoms with Crippen molar-refractivity contribution in [2.24, 2.45) is 5.92 Å². The van der Waals surface area contributed by atoms with Crippen LogP contribution in [0.25, 0.3) is 0 Å². The van der Waals surface area contributed by atoms with Gasteiger partial charge < -0.3 is 15.4 Å². The zero-order valence-electron chi connectivity index (χ0n) is 15.0. The van der Waals surface area contributed by atoms with Gasteiger partial charge >= 0.3 is 5.97 Å². The number of nitro groups is 1. The normalized spacial score (nSPS) is 12.7. The summed E-state index contributed by atoms with van der Waals surface area (Å²) in [4.78, 5) is 46.1. The van der Waals surface area contributed by atoms with E-state index in [0.29, 0.717) is 5.69 Å². The fourth-order valence-electron chi connectivity index (χ4n) is 2.46. The quantitative estimate of drug-likeness (QED) is 0.403. The molecule has 0 radical (unpaired) electrons. The van der Waals surface area contributed by atoms with Gasteiger partial charge in [-0.2, -0.15) is 0 Å². The molecule has 0 atom stereocenters. The van der Waals surface area contributed by atoms with Crippen LogP contribution in [0.5, 0.6) is 0 Å². The smallest absolute Gasteiger partial charge is 0.338 e. The molecule has 0 heterocycles. The third-order valence-electron chi connectivity index (χ3n) is 4.07. The maximum atomic E-state index is 12.2. The molecule has 0 unspecified atom stereocenters. The van der Waals surface area contributed by atoms with E-state index in [2.05, 4.69) is 10.6 Å². The van der Waals surface area contributed by atoms with Crippen molar-refractivity contribution in [1.29, 1.82) is 0 Å². The van der Waals surface area contributed by atoms with Gasteiger partial charge in [-0.3, -0.25) is 19.7 Å². The highest BCUT2D eigenvalue weighted by Crippen LogP contribution is 2.30. The molecular formula is C19H16ClN3O6. The lowest BCUT2D eigenvalue weighted by atomic mass is 10.2. The first-order valence-corrected chi connectivity index (χ1v) is 9.03. The van der Waals surface area contributed by atoms with E-state index in [9.17, 15) is 24.5 Å². The molecule has 9 nitrogen and oxygen atoms in total. The molecule has 0 spiro atoms. The highest BCUT2D eigenvalue weighted by atomic mass is 35.5. The Morgan fingerprint density at radius 2 is 1.83 bits per heavy atom. The summed E-state index contributed by atoms with van der Waals surface area (Å²) >= 11 is 5.71. The summed E-state index contributed by atoms with van der Waals surface area (Å²) in [6.07, 6.45) is 1.72. The number of hydrogen-bond donors (Lipinski definition) is 2. The minimum atomic E-state index is -0.746. The molecule has 1 saturated carbocycles. The predicted molar refractivity (Wildman–Crippen MR) is 105 cm³/mol. The third kappa shape index (κ3) is 5.52. The van der Waals surface area contributed by atoms with Crippen molar-refractivity contribution in [2.45, 2.75) is 12.8 Å². The molecule has 0 saturated heterocycles. The fourth-order valence-corrected chi connectivity index (χ4v) is 2.64. The molecule has 2 aromatic rings. The van der Waals surface area contributed by atoms with E-state index in [-0.39, 0.29) is 33.8 Å². The number of amides is 2. The van der Waals surface area contributed by atoms with E-state index in [4.69, 9.17) is 16.3 Å². The molecule has 2 amide bonds. The largest absolute Gasteiger partial charge is 0.452 e. The van der Waals surface area contributed by atoms with Crippen molar-refractivity contribution < 1.29 is 24.0 Å². The highest BCUT2D eigenvalue weighted by Gasteiger charge is 2.29. The van der Waals surface area contributed by atoms with E-state index in [1.165, 1.54) is 24.3 Å². The van der Waals surface area contributed by atoms with Crippen LogP contribution >= 0.6 is 11.6 Å². The maximum absolute atomic E-state index is 12.2. The summed E-state index contributed by atoms with van der Waals surface area (Å²) < 4.78 is 4.96. The summed E-state index contributed by atoms with van der Waals surface area (Å²) in [5.74, 6) is -1.48. The number of ether oxygens (including phenoxy) is 1. The summed E-state index contributed by atoms with van der Waals surface area (Å²) in [6, 6.07) is 9.97. The lowest BCUT2D eigenvalue weighted by molar-refractivity contribution is -0.384. The van der Waals surface area contributed by atoms with Gasteiger partial charge in [-0.15, -0.1) is 0 Å². The molecule has 3 rings (SSSR count). The van der Waals surface area contributed by atoms with Gasteiger partial charge in [0.15, 0.2) is 6.61 Å². The van der Waals surface area contributed by atoms with E-state index < -0.39 is 23.4 Å². The first-order valence-electron chi connectivity index (χ1n) is 8.65. The number of nitrogens with zero attached hydrogens (tertiary/aromatic N) is 1. The Kier molecular flexibility index (Phi) is 6.08. The van der Waals surface area contributed by atoms with Gasteiger partial charge in [0, 0.05) is 23.4 Å². The molecule has 0 aromatic heterocycles. The summed E-state index contributed by atoms with van der Waals surface area (Å²) in [5.41, 5.74) is 0.432. The van der Waals surface area contributed by atoms with Gasteiger partial charge in [-0.05, 0) is 43.2 Å². The summed E-state index contributed by atoms with van der Waals surface area (Å²) in [6.45, 7) is -0.589. The van der Waals surface area contributed by atoms with Gasteiger partial charge in [0.1, 0.15) is 5.02 Å². The van der Waals surface area contributed by atoms with Crippen LogP contribution in [-0.2, 0) is 14.3 Å². The predicted octanol–water partition coefficient (Wildman–Crippen LogP) is 3.39. The molecule has 10 heteroatoms. The molecule has 0 bridgehead atoms. The molecule has 2 N–H and O–H groups in total. The van der Waals surface area contributed by atoms with E-state index in [1.54, 1.807) is 12.1 Å². The Hall–Kier alpha value is -3.46. The van der Waals surface area contributed by atoms with Crippen LogP contribution in [0.15, 0.2) is 42.5 Å². The van der Waals surface area contributed by atoms with Crippen LogP contribution in [0.4, 0.5) is 17.1 Å². The molecule has 29 heavy (non-hydrogen) atoms. The van der Waals surface area contributed by atoms with Gasteiger partial charge in [0.25, 0.3) is 11.6 Å². The molecule has 1 aliphatic rings. The zero-order chi connectivity index (χ0) is 21.0. The van der Waals surface area contributed by atoms with Crippen molar-refractivity contribution in [1.82, 2.24) is 0 Å². The second-order valence-electron chi connectivity index (χ2n) is 6.39. The molecular weight excluding hydrogens is 402 g/mol. The van der Waals surface area contributed by atoms with Crippen LogP contribution in [0.3, 0.4) is 0 Å². The number of rotatable bonds is 7. The topological polar surface area (TPSA) is 128 Å². The minimum Gasteiger partial charge on any atom is -0.452 e. The number of nitrogens with one attached hydrogen (secondary N) is 2. The summed E-state index contributed by atoms with van der Waals surface area (Å²) in [7, 11) is 0. The second kappa shape index (κ2) is 8.70. The lowest BCUT2D eigenvalue weighted by Gasteiger charge is -2.08. The van der Waals surface area contributed by atoms with Crippen LogP contribution in [-0.4, -0.2) is 29.3 Å². The zero-order valence-corrected chi connectivity index (χ0v) is 15.8. The maximum Gasteiger partial charge on any atom is 0.338 e. The minimum absolute atomic E-state index is 0.0259.